The summed E-state index contributed by atoms with van der Waals surface area (Å²) in [7, 11) is 0. The van der Waals surface area contributed by atoms with E-state index in [1.165, 1.54) is 5.56 Å². The summed E-state index contributed by atoms with van der Waals surface area (Å²) >= 11 is 0. The molecule has 2 heterocycles. The van der Waals surface area contributed by atoms with Crippen LogP contribution in [0.2, 0.25) is 0 Å². The lowest BCUT2D eigenvalue weighted by atomic mass is 9.97. The van der Waals surface area contributed by atoms with Gasteiger partial charge >= 0.3 is 0 Å². The summed E-state index contributed by atoms with van der Waals surface area (Å²) in [5, 5.41) is 15.4. The van der Waals surface area contributed by atoms with Crippen molar-refractivity contribution in [3.63, 3.8) is 0 Å². The van der Waals surface area contributed by atoms with Crippen LogP contribution in [0.25, 0.3) is 0 Å². The first-order valence-corrected chi connectivity index (χ1v) is 8.94. The maximum absolute atomic E-state index is 12.2. The molecule has 0 saturated carbocycles. The van der Waals surface area contributed by atoms with Crippen LogP contribution >= 0.6 is 0 Å². The number of hydrogen-bond donors (Lipinski definition) is 2. The predicted octanol–water partition coefficient (Wildman–Crippen LogP) is 1.50. The average Bonchev–Trinajstić information content (AvgIpc) is 3.08. The van der Waals surface area contributed by atoms with Gasteiger partial charge in [-0.1, -0.05) is 12.1 Å². The predicted molar refractivity (Wildman–Crippen MR) is 93.1 cm³/mol. The second-order valence-electron chi connectivity index (χ2n) is 6.97. The van der Waals surface area contributed by atoms with Gasteiger partial charge in [0, 0.05) is 25.6 Å². The molecule has 1 aromatic rings. The Morgan fingerprint density at radius 2 is 2.17 bits per heavy atom. The molecule has 0 spiro atoms. The van der Waals surface area contributed by atoms with Crippen LogP contribution in [0.4, 0.5) is 0 Å². The summed E-state index contributed by atoms with van der Waals surface area (Å²) in [6.45, 7) is 5.66. The summed E-state index contributed by atoms with van der Waals surface area (Å²) in [5.41, 5.74) is 1.91. The fourth-order valence-electron chi connectivity index (χ4n) is 3.69. The van der Waals surface area contributed by atoms with Crippen LogP contribution in [0.1, 0.15) is 30.4 Å². The molecule has 2 saturated heterocycles. The minimum Gasteiger partial charge on any atom is -0.356 e. The van der Waals surface area contributed by atoms with E-state index in [2.05, 4.69) is 27.7 Å². The lowest BCUT2D eigenvalue weighted by Gasteiger charge is -2.22. The van der Waals surface area contributed by atoms with E-state index in [4.69, 9.17) is 5.26 Å². The van der Waals surface area contributed by atoms with E-state index in [1.807, 2.05) is 18.2 Å². The minimum absolute atomic E-state index is 0.192. The monoisotopic (exact) mass is 326 g/mol. The highest BCUT2D eigenvalue weighted by atomic mass is 16.1. The Hall–Kier alpha value is -1.90. The van der Waals surface area contributed by atoms with Crippen LogP contribution in [0.15, 0.2) is 24.3 Å². The van der Waals surface area contributed by atoms with Gasteiger partial charge in [0.05, 0.1) is 11.6 Å². The molecule has 1 amide bonds. The van der Waals surface area contributed by atoms with Crippen LogP contribution in [-0.4, -0.2) is 43.5 Å². The van der Waals surface area contributed by atoms with Gasteiger partial charge in [0.2, 0.25) is 5.91 Å². The highest BCUT2D eigenvalue weighted by molar-refractivity contribution is 5.78. The molecule has 0 radical (unpaired) electrons. The number of carbonyl (C=O) groups excluding carboxylic acids is 1. The molecule has 1 aromatic carbocycles. The van der Waals surface area contributed by atoms with Gasteiger partial charge < -0.3 is 10.6 Å². The first-order chi connectivity index (χ1) is 11.7. The van der Waals surface area contributed by atoms with E-state index in [0.717, 1.165) is 64.1 Å². The van der Waals surface area contributed by atoms with Crippen LogP contribution < -0.4 is 10.6 Å². The molecule has 5 nitrogen and oxygen atoms in total. The van der Waals surface area contributed by atoms with E-state index in [0.29, 0.717) is 5.92 Å². The molecule has 2 aliphatic rings. The standard InChI is InChI=1S/C19H26N4O/c20-11-15-2-1-3-16(10-15)13-23-9-6-17(14-23)12-22-19(24)18-4-7-21-8-5-18/h1-3,10,17-18,21H,4-9,12-14H2,(H,22,24). The number of amides is 1. The number of piperidine rings is 1. The van der Waals surface area contributed by atoms with Crippen molar-refractivity contribution >= 4 is 5.91 Å². The largest absolute Gasteiger partial charge is 0.356 e. The number of hydrogen-bond acceptors (Lipinski definition) is 4. The molecule has 0 aliphatic carbocycles. The minimum atomic E-state index is 0.192. The second-order valence-corrected chi connectivity index (χ2v) is 6.97. The third-order valence-corrected chi connectivity index (χ3v) is 5.11. The van der Waals surface area contributed by atoms with Crippen molar-refractivity contribution in [2.24, 2.45) is 11.8 Å². The van der Waals surface area contributed by atoms with Crippen molar-refractivity contribution in [3.8, 4) is 6.07 Å². The molecule has 2 fully saturated rings. The Morgan fingerprint density at radius 3 is 2.96 bits per heavy atom. The Bertz CT molecular complexity index is 604. The molecule has 5 heteroatoms. The number of likely N-dealkylation sites (tertiary alicyclic amines) is 1. The fraction of sp³-hybridized carbons (Fsp3) is 0.579. The van der Waals surface area contributed by atoms with Crippen molar-refractivity contribution in [3.05, 3.63) is 35.4 Å². The Morgan fingerprint density at radius 1 is 1.33 bits per heavy atom. The van der Waals surface area contributed by atoms with Gasteiger partial charge in [-0.2, -0.15) is 5.26 Å². The zero-order valence-corrected chi connectivity index (χ0v) is 14.1. The SMILES string of the molecule is N#Cc1cccc(CN2CCC(CNC(=O)C3CCNCC3)C2)c1. The number of rotatable bonds is 5. The van der Waals surface area contributed by atoms with E-state index < -0.39 is 0 Å². The zero-order valence-electron chi connectivity index (χ0n) is 14.1. The van der Waals surface area contributed by atoms with E-state index >= 15 is 0 Å². The van der Waals surface area contributed by atoms with E-state index in [-0.39, 0.29) is 11.8 Å². The van der Waals surface area contributed by atoms with Crippen LogP contribution in [-0.2, 0) is 11.3 Å². The first kappa shape index (κ1) is 16.9. The lowest BCUT2D eigenvalue weighted by molar-refractivity contribution is -0.125. The van der Waals surface area contributed by atoms with Crippen molar-refractivity contribution in [1.29, 1.82) is 5.26 Å². The maximum atomic E-state index is 12.2. The Balaban J connectivity index is 1.42. The number of nitriles is 1. The van der Waals surface area contributed by atoms with Gasteiger partial charge in [0.15, 0.2) is 0 Å². The van der Waals surface area contributed by atoms with Crippen molar-refractivity contribution in [2.45, 2.75) is 25.8 Å². The average molecular weight is 326 g/mol. The molecular formula is C19H26N4O. The topological polar surface area (TPSA) is 68.2 Å². The van der Waals surface area contributed by atoms with Crippen molar-refractivity contribution in [1.82, 2.24) is 15.5 Å². The van der Waals surface area contributed by atoms with Gasteiger partial charge in [-0.15, -0.1) is 0 Å². The Kier molecular flexibility index (Phi) is 5.84. The molecule has 2 N–H and O–H groups in total. The fourth-order valence-corrected chi connectivity index (χ4v) is 3.69. The Labute approximate surface area is 144 Å². The molecule has 128 valence electrons. The quantitative estimate of drug-likeness (QED) is 0.860. The summed E-state index contributed by atoms with van der Waals surface area (Å²) in [4.78, 5) is 14.6. The molecule has 1 unspecified atom stereocenters. The van der Waals surface area contributed by atoms with Gasteiger partial charge in [-0.3, -0.25) is 9.69 Å². The molecule has 0 bridgehead atoms. The zero-order chi connectivity index (χ0) is 16.8. The van der Waals surface area contributed by atoms with Gasteiger partial charge in [0.1, 0.15) is 0 Å². The highest BCUT2D eigenvalue weighted by Crippen LogP contribution is 2.19. The molecular weight excluding hydrogens is 300 g/mol. The molecule has 0 aromatic heterocycles. The third-order valence-electron chi connectivity index (χ3n) is 5.11. The van der Waals surface area contributed by atoms with Crippen LogP contribution in [0.3, 0.4) is 0 Å². The third kappa shape index (κ3) is 4.56. The van der Waals surface area contributed by atoms with Crippen molar-refractivity contribution < 1.29 is 4.79 Å². The number of nitrogens with one attached hydrogen (secondary N) is 2. The summed E-state index contributed by atoms with van der Waals surface area (Å²) in [6, 6.07) is 10.0. The second kappa shape index (κ2) is 8.27. The van der Waals surface area contributed by atoms with Gasteiger partial charge in [-0.05, 0) is 62.5 Å². The number of benzene rings is 1. The smallest absolute Gasteiger partial charge is 0.223 e. The molecule has 24 heavy (non-hydrogen) atoms. The highest BCUT2D eigenvalue weighted by Gasteiger charge is 2.25. The van der Waals surface area contributed by atoms with Gasteiger partial charge in [0.25, 0.3) is 0 Å². The summed E-state index contributed by atoms with van der Waals surface area (Å²) in [6.07, 6.45) is 3.04. The van der Waals surface area contributed by atoms with Crippen molar-refractivity contribution in [2.75, 3.05) is 32.7 Å². The molecule has 2 aliphatic heterocycles. The summed E-state index contributed by atoms with van der Waals surface area (Å²) in [5.74, 6) is 0.962. The molecule has 3 rings (SSSR count). The first-order valence-electron chi connectivity index (χ1n) is 8.94. The number of nitrogens with zero attached hydrogens (tertiary/aromatic N) is 2. The van der Waals surface area contributed by atoms with E-state index in [1.54, 1.807) is 0 Å². The van der Waals surface area contributed by atoms with Crippen LogP contribution in [0.5, 0.6) is 0 Å². The normalized spacial score (nSPS) is 22.2. The van der Waals surface area contributed by atoms with Gasteiger partial charge in [-0.25, -0.2) is 0 Å². The maximum Gasteiger partial charge on any atom is 0.223 e. The summed E-state index contributed by atoms with van der Waals surface area (Å²) < 4.78 is 0. The number of carbonyl (C=O) groups is 1. The van der Waals surface area contributed by atoms with E-state index in [9.17, 15) is 4.79 Å². The molecule has 1 atom stereocenters. The lowest BCUT2D eigenvalue weighted by Crippen LogP contribution is -2.40. The van der Waals surface area contributed by atoms with Crippen LogP contribution in [0, 0.1) is 23.2 Å².